The molecule has 2 nitrogen and oxygen atoms in total. The van der Waals surface area contributed by atoms with E-state index < -0.39 is 11.7 Å². The first kappa shape index (κ1) is 13.6. The largest absolute Gasteiger partial charge is 0.385 e. The van der Waals surface area contributed by atoms with Crippen LogP contribution in [0.5, 0.6) is 0 Å². The number of hydrogen-bond donors (Lipinski definition) is 1. The number of aliphatic hydroxyl groups is 1. The van der Waals surface area contributed by atoms with Gasteiger partial charge in [0, 0.05) is 6.61 Å². The van der Waals surface area contributed by atoms with Gasteiger partial charge in [0.15, 0.2) is 0 Å². The molecule has 0 aromatic heterocycles. The fourth-order valence-electron chi connectivity index (χ4n) is 2.68. The molecule has 1 aromatic rings. The molecular formula is C16H24O2. The van der Waals surface area contributed by atoms with Crippen molar-refractivity contribution in [1.82, 2.24) is 0 Å². The van der Waals surface area contributed by atoms with Gasteiger partial charge in [-0.05, 0) is 50.7 Å². The molecule has 1 aromatic carbocycles. The van der Waals surface area contributed by atoms with Gasteiger partial charge in [-0.25, -0.2) is 0 Å². The second kappa shape index (κ2) is 5.41. The van der Waals surface area contributed by atoms with Crippen molar-refractivity contribution in [2.24, 2.45) is 0 Å². The minimum Gasteiger partial charge on any atom is -0.385 e. The molecule has 0 spiro atoms. The maximum Gasteiger partial charge on any atom is 0.108 e. The molecule has 0 bridgehead atoms. The van der Waals surface area contributed by atoms with E-state index in [1.165, 1.54) is 24.8 Å². The summed E-state index contributed by atoms with van der Waals surface area (Å²) in [7, 11) is 0. The molecule has 1 aliphatic carbocycles. The standard InChI is InChI=1S/C16H24O2/c1-4-18-16(2,3)15(17)14-11-6-5-10-13(14)12-8-7-9-12/h5-6,10-12,15,17H,4,7-9H2,1-3H3. The van der Waals surface area contributed by atoms with Crippen LogP contribution >= 0.6 is 0 Å². The summed E-state index contributed by atoms with van der Waals surface area (Å²) < 4.78 is 5.68. The number of aliphatic hydroxyl groups excluding tert-OH is 1. The molecule has 0 heterocycles. The Balaban J connectivity index is 2.26. The predicted molar refractivity (Wildman–Crippen MR) is 73.7 cm³/mol. The Bertz CT molecular complexity index is 394. The molecule has 1 unspecified atom stereocenters. The number of ether oxygens (including phenoxy) is 1. The highest BCUT2D eigenvalue weighted by atomic mass is 16.5. The Hall–Kier alpha value is -0.860. The molecule has 0 saturated heterocycles. The minimum atomic E-state index is -0.561. The maximum absolute atomic E-state index is 10.6. The molecule has 0 aliphatic heterocycles. The Morgan fingerprint density at radius 3 is 2.56 bits per heavy atom. The Morgan fingerprint density at radius 2 is 2.00 bits per heavy atom. The van der Waals surface area contributed by atoms with E-state index in [-0.39, 0.29) is 0 Å². The van der Waals surface area contributed by atoms with Crippen LogP contribution in [0.3, 0.4) is 0 Å². The predicted octanol–water partition coefficient (Wildman–Crippen LogP) is 3.80. The molecule has 0 amide bonds. The minimum absolute atomic E-state index is 0.533. The lowest BCUT2D eigenvalue weighted by molar-refractivity contribution is -0.0987. The van der Waals surface area contributed by atoms with Gasteiger partial charge in [0.25, 0.3) is 0 Å². The Morgan fingerprint density at radius 1 is 1.33 bits per heavy atom. The second-order valence-electron chi connectivity index (χ2n) is 5.70. The average molecular weight is 248 g/mol. The van der Waals surface area contributed by atoms with Gasteiger partial charge in [-0.1, -0.05) is 30.7 Å². The lowest BCUT2D eigenvalue weighted by Gasteiger charge is -2.35. The number of hydrogen-bond acceptors (Lipinski definition) is 2. The lowest BCUT2D eigenvalue weighted by atomic mass is 9.76. The van der Waals surface area contributed by atoms with Gasteiger partial charge in [0.2, 0.25) is 0 Å². The molecule has 18 heavy (non-hydrogen) atoms. The van der Waals surface area contributed by atoms with Gasteiger partial charge < -0.3 is 9.84 Å². The molecule has 1 fully saturated rings. The second-order valence-corrected chi connectivity index (χ2v) is 5.70. The van der Waals surface area contributed by atoms with E-state index in [4.69, 9.17) is 4.74 Å². The van der Waals surface area contributed by atoms with Gasteiger partial charge in [-0.2, -0.15) is 0 Å². The molecule has 1 aliphatic rings. The van der Waals surface area contributed by atoms with Crippen LogP contribution in [0.15, 0.2) is 24.3 Å². The average Bonchev–Trinajstić information content (AvgIpc) is 2.26. The van der Waals surface area contributed by atoms with Gasteiger partial charge in [0.1, 0.15) is 6.10 Å². The Kier molecular flexibility index (Phi) is 4.08. The van der Waals surface area contributed by atoms with Crippen LogP contribution in [0.4, 0.5) is 0 Å². The zero-order valence-corrected chi connectivity index (χ0v) is 11.6. The van der Waals surface area contributed by atoms with E-state index in [9.17, 15) is 5.11 Å². The molecule has 1 atom stereocenters. The molecule has 100 valence electrons. The van der Waals surface area contributed by atoms with Crippen molar-refractivity contribution in [2.75, 3.05) is 6.61 Å². The van der Waals surface area contributed by atoms with Crippen molar-refractivity contribution in [3.05, 3.63) is 35.4 Å². The SMILES string of the molecule is CCOC(C)(C)C(O)c1ccccc1C1CCC1. The topological polar surface area (TPSA) is 29.5 Å². The summed E-state index contributed by atoms with van der Waals surface area (Å²) in [6, 6.07) is 8.27. The molecular weight excluding hydrogens is 224 g/mol. The number of benzene rings is 1. The summed E-state index contributed by atoms with van der Waals surface area (Å²) in [6.45, 7) is 6.50. The lowest BCUT2D eigenvalue weighted by Crippen LogP contribution is -2.33. The third kappa shape index (κ3) is 2.60. The highest BCUT2D eigenvalue weighted by Crippen LogP contribution is 2.41. The molecule has 1 saturated carbocycles. The van der Waals surface area contributed by atoms with Crippen LogP contribution in [0, 0.1) is 0 Å². The monoisotopic (exact) mass is 248 g/mol. The summed E-state index contributed by atoms with van der Waals surface area (Å²) >= 11 is 0. The first-order chi connectivity index (χ1) is 8.56. The van der Waals surface area contributed by atoms with Gasteiger partial charge in [0.05, 0.1) is 5.60 Å². The third-order valence-corrected chi connectivity index (χ3v) is 4.01. The van der Waals surface area contributed by atoms with Gasteiger partial charge in [-0.3, -0.25) is 0 Å². The van der Waals surface area contributed by atoms with E-state index >= 15 is 0 Å². The summed E-state index contributed by atoms with van der Waals surface area (Å²) in [5.74, 6) is 0.633. The smallest absolute Gasteiger partial charge is 0.108 e. The van der Waals surface area contributed by atoms with Crippen molar-refractivity contribution in [2.45, 2.75) is 57.7 Å². The fraction of sp³-hybridized carbons (Fsp3) is 0.625. The van der Waals surface area contributed by atoms with E-state index in [1.807, 2.05) is 32.9 Å². The maximum atomic E-state index is 10.6. The molecule has 2 rings (SSSR count). The van der Waals surface area contributed by atoms with E-state index in [2.05, 4.69) is 12.1 Å². The van der Waals surface area contributed by atoms with Crippen molar-refractivity contribution in [3.63, 3.8) is 0 Å². The first-order valence-corrected chi connectivity index (χ1v) is 6.97. The van der Waals surface area contributed by atoms with Crippen LogP contribution < -0.4 is 0 Å². The summed E-state index contributed by atoms with van der Waals surface area (Å²) in [6.07, 6.45) is 3.25. The quantitative estimate of drug-likeness (QED) is 0.858. The third-order valence-electron chi connectivity index (χ3n) is 4.01. The van der Waals surface area contributed by atoms with Crippen molar-refractivity contribution in [1.29, 1.82) is 0 Å². The first-order valence-electron chi connectivity index (χ1n) is 6.97. The van der Waals surface area contributed by atoms with E-state index in [1.54, 1.807) is 0 Å². The van der Waals surface area contributed by atoms with Crippen LogP contribution in [-0.2, 0) is 4.74 Å². The van der Waals surface area contributed by atoms with Crippen LogP contribution in [0.2, 0.25) is 0 Å². The van der Waals surface area contributed by atoms with Crippen molar-refractivity contribution < 1.29 is 9.84 Å². The summed E-state index contributed by atoms with van der Waals surface area (Å²) in [4.78, 5) is 0. The van der Waals surface area contributed by atoms with E-state index in [0.29, 0.717) is 12.5 Å². The number of rotatable bonds is 5. The normalized spacial score (nSPS) is 18.4. The molecule has 0 radical (unpaired) electrons. The zero-order valence-electron chi connectivity index (χ0n) is 11.6. The molecule has 1 N–H and O–H groups in total. The van der Waals surface area contributed by atoms with Crippen LogP contribution in [0.1, 0.15) is 63.2 Å². The fourth-order valence-corrected chi connectivity index (χ4v) is 2.68. The van der Waals surface area contributed by atoms with Crippen LogP contribution in [0.25, 0.3) is 0 Å². The van der Waals surface area contributed by atoms with Crippen molar-refractivity contribution >= 4 is 0 Å². The van der Waals surface area contributed by atoms with E-state index in [0.717, 1.165) is 5.56 Å². The van der Waals surface area contributed by atoms with Gasteiger partial charge in [-0.15, -0.1) is 0 Å². The highest BCUT2D eigenvalue weighted by molar-refractivity contribution is 5.34. The van der Waals surface area contributed by atoms with Crippen molar-refractivity contribution in [3.8, 4) is 0 Å². The summed E-state index contributed by atoms with van der Waals surface area (Å²) in [5.41, 5.74) is 1.82. The van der Waals surface area contributed by atoms with Crippen LogP contribution in [-0.4, -0.2) is 17.3 Å². The molecule has 2 heteroatoms. The Labute approximate surface area is 110 Å². The highest BCUT2D eigenvalue weighted by Gasteiger charge is 2.33. The van der Waals surface area contributed by atoms with Gasteiger partial charge >= 0.3 is 0 Å². The summed E-state index contributed by atoms with van der Waals surface area (Å²) in [5, 5.41) is 10.6. The zero-order chi connectivity index (χ0) is 13.2.